The number of hydrogen-bond acceptors (Lipinski definition) is 3. The van der Waals surface area contributed by atoms with E-state index in [1.807, 2.05) is 6.07 Å². The second kappa shape index (κ2) is 5.01. The maximum atomic E-state index is 12.5. The summed E-state index contributed by atoms with van der Waals surface area (Å²) < 4.78 is 24.9. The van der Waals surface area contributed by atoms with E-state index >= 15 is 0 Å². The molecule has 0 fully saturated rings. The highest BCUT2D eigenvalue weighted by Crippen LogP contribution is 2.28. The number of alkyl halides is 2. The first kappa shape index (κ1) is 11.8. The number of pyridine rings is 1. The summed E-state index contributed by atoms with van der Waals surface area (Å²) in [7, 11) is 0. The largest absolute Gasteiger partial charge is 0.326 e. The second-order valence-corrected chi connectivity index (χ2v) is 3.18. The van der Waals surface area contributed by atoms with Crippen molar-refractivity contribution in [1.82, 2.24) is 4.98 Å². The smallest absolute Gasteiger partial charge is 0.280 e. The van der Waals surface area contributed by atoms with Crippen molar-refractivity contribution in [3.8, 4) is 6.07 Å². The zero-order chi connectivity index (χ0) is 11.4. The van der Waals surface area contributed by atoms with Crippen LogP contribution in [0.5, 0.6) is 0 Å². The van der Waals surface area contributed by atoms with Gasteiger partial charge in [-0.25, -0.2) is 8.78 Å². The maximum Gasteiger partial charge on any atom is 0.280 e. The number of nitrogens with zero attached hydrogens (tertiary/aromatic N) is 2. The predicted molar refractivity (Wildman–Crippen MR) is 51.4 cm³/mol. The lowest BCUT2D eigenvalue weighted by atomic mass is 10.1. The number of nitrogens with two attached hydrogens (primary N) is 1. The molecule has 0 radical (unpaired) electrons. The van der Waals surface area contributed by atoms with Crippen LogP contribution in [0.15, 0.2) is 6.20 Å². The Morgan fingerprint density at radius 3 is 2.73 bits per heavy atom. The molecule has 0 unspecified atom stereocenters. The van der Waals surface area contributed by atoms with Gasteiger partial charge in [0.1, 0.15) is 5.69 Å². The summed E-state index contributed by atoms with van der Waals surface area (Å²) in [6.07, 6.45) is -1.49. The van der Waals surface area contributed by atoms with Crippen molar-refractivity contribution in [3.63, 3.8) is 0 Å². The van der Waals surface area contributed by atoms with Gasteiger partial charge in [0.05, 0.1) is 17.5 Å². The first-order valence-electron chi connectivity index (χ1n) is 4.13. The van der Waals surface area contributed by atoms with E-state index in [0.29, 0.717) is 5.56 Å². The minimum absolute atomic E-state index is 0.0301. The van der Waals surface area contributed by atoms with Gasteiger partial charge in [-0.05, 0) is 0 Å². The second-order valence-electron chi connectivity index (χ2n) is 2.80. The van der Waals surface area contributed by atoms with Gasteiger partial charge in [0.15, 0.2) is 0 Å². The molecule has 0 bridgehead atoms. The fourth-order valence-corrected chi connectivity index (χ4v) is 1.47. The molecule has 3 nitrogen and oxygen atoms in total. The first-order valence-corrected chi connectivity index (χ1v) is 4.51. The van der Waals surface area contributed by atoms with Gasteiger partial charge in [0, 0.05) is 23.9 Å². The van der Waals surface area contributed by atoms with Gasteiger partial charge < -0.3 is 5.73 Å². The van der Waals surface area contributed by atoms with Crippen LogP contribution >= 0.6 is 11.6 Å². The van der Waals surface area contributed by atoms with E-state index in [1.54, 1.807) is 0 Å². The predicted octanol–water partition coefficient (Wildman–Crippen LogP) is 2.20. The number of aromatic nitrogens is 1. The Morgan fingerprint density at radius 2 is 2.27 bits per heavy atom. The minimum atomic E-state index is -2.71. The van der Waals surface area contributed by atoms with Gasteiger partial charge in [0.2, 0.25) is 0 Å². The molecule has 0 saturated heterocycles. The lowest BCUT2D eigenvalue weighted by Gasteiger charge is -2.10. The molecule has 80 valence electrons. The molecule has 2 N–H and O–H groups in total. The molecule has 0 atom stereocenters. The van der Waals surface area contributed by atoms with Crippen LogP contribution in [0, 0.1) is 11.3 Å². The third kappa shape index (κ3) is 2.41. The van der Waals surface area contributed by atoms with E-state index in [1.165, 1.54) is 6.20 Å². The Bertz CT molecular complexity index is 401. The molecule has 0 amide bonds. The fourth-order valence-electron chi connectivity index (χ4n) is 1.18. The zero-order valence-electron chi connectivity index (χ0n) is 7.67. The van der Waals surface area contributed by atoms with Gasteiger partial charge in [-0.2, -0.15) is 5.26 Å². The minimum Gasteiger partial charge on any atom is -0.326 e. The van der Waals surface area contributed by atoms with Crippen LogP contribution in [0.2, 0.25) is 5.02 Å². The van der Waals surface area contributed by atoms with Gasteiger partial charge >= 0.3 is 0 Å². The molecular formula is C9H8ClF2N3. The summed E-state index contributed by atoms with van der Waals surface area (Å²) in [4.78, 5) is 3.56. The molecule has 15 heavy (non-hydrogen) atoms. The van der Waals surface area contributed by atoms with Crippen LogP contribution in [-0.4, -0.2) is 4.98 Å². The number of hydrogen-bond donors (Lipinski definition) is 1. The summed E-state index contributed by atoms with van der Waals surface area (Å²) in [5.74, 6) is 0. The van der Waals surface area contributed by atoms with E-state index < -0.39 is 12.1 Å². The van der Waals surface area contributed by atoms with Crippen molar-refractivity contribution in [2.75, 3.05) is 0 Å². The number of rotatable bonds is 3. The molecule has 0 aliphatic rings. The van der Waals surface area contributed by atoms with Gasteiger partial charge in [0.25, 0.3) is 6.43 Å². The van der Waals surface area contributed by atoms with Crippen molar-refractivity contribution in [2.24, 2.45) is 5.73 Å². The average molecular weight is 232 g/mol. The Morgan fingerprint density at radius 1 is 1.60 bits per heavy atom. The number of halogens is 3. The summed E-state index contributed by atoms with van der Waals surface area (Å²) in [6.45, 7) is -0.120. The molecule has 1 heterocycles. The van der Waals surface area contributed by atoms with Crippen molar-refractivity contribution in [3.05, 3.63) is 28.0 Å². The Hall–Kier alpha value is -1.25. The fraction of sp³-hybridized carbons (Fsp3) is 0.333. The molecule has 0 aliphatic carbocycles. The normalized spacial score (nSPS) is 10.4. The highest BCUT2D eigenvalue weighted by atomic mass is 35.5. The topological polar surface area (TPSA) is 62.7 Å². The molecule has 1 rings (SSSR count). The third-order valence-corrected chi connectivity index (χ3v) is 2.37. The molecule has 0 spiro atoms. The summed E-state index contributed by atoms with van der Waals surface area (Å²) in [5, 5.41) is 8.59. The highest BCUT2D eigenvalue weighted by Gasteiger charge is 2.18. The maximum absolute atomic E-state index is 12.5. The molecule has 1 aromatic rings. The van der Waals surface area contributed by atoms with Crippen molar-refractivity contribution < 1.29 is 8.78 Å². The highest BCUT2D eigenvalue weighted by molar-refractivity contribution is 6.32. The SMILES string of the molecule is N#CCc1cnc(C(F)F)c(CN)c1Cl. The quantitative estimate of drug-likeness (QED) is 0.867. The van der Waals surface area contributed by atoms with E-state index in [-0.39, 0.29) is 23.6 Å². The van der Waals surface area contributed by atoms with Crippen molar-refractivity contribution in [2.45, 2.75) is 19.4 Å². The van der Waals surface area contributed by atoms with Crippen LogP contribution in [0.25, 0.3) is 0 Å². The van der Waals surface area contributed by atoms with E-state index in [4.69, 9.17) is 22.6 Å². The summed E-state index contributed by atoms with van der Waals surface area (Å²) in [6, 6.07) is 1.87. The molecule has 0 aromatic carbocycles. The molecule has 6 heteroatoms. The lowest BCUT2D eigenvalue weighted by Crippen LogP contribution is -2.07. The Kier molecular flexibility index (Phi) is 3.95. The Balaban J connectivity index is 3.27. The molecular weight excluding hydrogens is 224 g/mol. The van der Waals surface area contributed by atoms with Crippen LogP contribution < -0.4 is 5.73 Å². The van der Waals surface area contributed by atoms with Gasteiger partial charge in [-0.15, -0.1) is 0 Å². The van der Waals surface area contributed by atoms with Gasteiger partial charge in [-0.3, -0.25) is 4.98 Å². The van der Waals surface area contributed by atoms with E-state index in [2.05, 4.69) is 4.98 Å². The molecule has 0 saturated carbocycles. The average Bonchev–Trinajstić information content (AvgIpc) is 2.20. The van der Waals surface area contributed by atoms with Crippen molar-refractivity contribution in [1.29, 1.82) is 5.26 Å². The van der Waals surface area contributed by atoms with Gasteiger partial charge in [-0.1, -0.05) is 11.6 Å². The summed E-state index contributed by atoms with van der Waals surface area (Å²) in [5.41, 5.74) is 5.43. The van der Waals surface area contributed by atoms with Crippen LogP contribution in [0.3, 0.4) is 0 Å². The lowest BCUT2D eigenvalue weighted by molar-refractivity contribution is 0.145. The molecule has 0 aliphatic heterocycles. The van der Waals surface area contributed by atoms with Crippen LogP contribution in [0.1, 0.15) is 23.2 Å². The monoisotopic (exact) mass is 231 g/mol. The van der Waals surface area contributed by atoms with E-state index in [9.17, 15) is 8.78 Å². The third-order valence-electron chi connectivity index (χ3n) is 1.90. The molecule has 1 aromatic heterocycles. The van der Waals surface area contributed by atoms with E-state index in [0.717, 1.165) is 0 Å². The van der Waals surface area contributed by atoms with Crippen LogP contribution in [0.4, 0.5) is 8.78 Å². The Labute approximate surface area is 90.5 Å². The van der Waals surface area contributed by atoms with Crippen molar-refractivity contribution >= 4 is 11.6 Å². The first-order chi connectivity index (χ1) is 7.11. The summed E-state index contributed by atoms with van der Waals surface area (Å²) >= 11 is 5.83. The zero-order valence-corrected chi connectivity index (χ0v) is 8.43. The van der Waals surface area contributed by atoms with Crippen LogP contribution in [-0.2, 0) is 13.0 Å². The standard InChI is InChI=1S/C9H8ClF2N3/c10-7-5(1-2-13)4-15-8(9(11)12)6(7)3-14/h4,9H,1,3,14H2. The number of nitriles is 1.